The van der Waals surface area contributed by atoms with Crippen LogP contribution in [0, 0.1) is 6.92 Å². The molecular formula is C14H14Cl2N2O2S. The number of benzene rings is 1. The second kappa shape index (κ2) is 6.22. The number of halogens is 2. The number of aromatic nitrogens is 1. The van der Waals surface area contributed by atoms with Crippen molar-refractivity contribution in [1.29, 1.82) is 0 Å². The maximum atomic E-state index is 11.8. The Hall–Kier alpha value is -1.30. The maximum absolute atomic E-state index is 11.8. The number of pyridine rings is 1. The number of aryl methyl sites for hydroxylation is 1. The van der Waals surface area contributed by atoms with E-state index in [0.717, 1.165) is 17.5 Å². The third kappa shape index (κ3) is 3.87. The van der Waals surface area contributed by atoms with Crippen molar-refractivity contribution in [3.8, 4) is 0 Å². The van der Waals surface area contributed by atoms with Crippen molar-refractivity contribution in [1.82, 2.24) is 4.98 Å². The molecule has 2 rings (SSSR count). The molecule has 112 valence electrons. The molecule has 0 unspecified atom stereocenters. The van der Waals surface area contributed by atoms with Crippen molar-refractivity contribution in [2.24, 2.45) is 0 Å². The van der Waals surface area contributed by atoms with Crippen molar-refractivity contribution in [3.63, 3.8) is 0 Å². The van der Waals surface area contributed by atoms with E-state index < -0.39 is 9.84 Å². The molecule has 0 atom stereocenters. The number of rotatable bonds is 4. The molecule has 1 N–H and O–H groups in total. The van der Waals surface area contributed by atoms with E-state index in [2.05, 4.69) is 10.3 Å². The molecule has 1 heterocycles. The first kappa shape index (κ1) is 16.1. The number of hydrogen-bond acceptors (Lipinski definition) is 4. The number of anilines is 1. The summed E-state index contributed by atoms with van der Waals surface area (Å²) in [6.45, 7) is 2.13. The van der Waals surface area contributed by atoms with E-state index in [0.29, 0.717) is 15.7 Å². The molecule has 2 aromatic rings. The van der Waals surface area contributed by atoms with E-state index in [1.165, 1.54) is 0 Å². The number of nitrogens with zero attached hydrogens (tertiary/aromatic N) is 1. The predicted octanol–water partition coefficient (Wildman–Crippen LogP) is 3.71. The summed E-state index contributed by atoms with van der Waals surface area (Å²) < 4.78 is 23.6. The molecule has 1 aromatic carbocycles. The van der Waals surface area contributed by atoms with Crippen LogP contribution in [0.5, 0.6) is 0 Å². The fourth-order valence-corrected chi connectivity index (χ4v) is 3.26. The summed E-state index contributed by atoms with van der Waals surface area (Å²) in [5.74, 6) is 0. The van der Waals surface area contributed by atoms with Crippen molar-refractivity contribution in [2.75, 3.05) is 11.6 Å². The van der Waals surface area contributed by atoms with Gasteiger partial charge in [-0.2, -0.15) is 0 Å². The summed E-state index contributed by atoms with van der Waals surface area (Å²) in [7, 11) is -3.34. The van der Waals surface area contributed by atoms with Crippen LogP contribution in [0.1, 0.15) is 11.1 Å². The Bertz CT molecular complexity index is 777. The number of sulfone groups is 1. The second-order valence-electron chi connectivity index (χ2n) is 4.67. The van der Waals surface area contributed by atoms with E-state index in [9.17, 15) is 8.42 Å². The van der Waals surface area contributed by atoms with E-state index in [1.807, 2.05) is 13.0 Å². The van der Waals surface area contributed by atoms with Gasteiger partial charge in [-0.1, -0.05) is 29.3 Å². The van der Waals surface area contributed by atoms with Crippen LogP contribution in [0.3, 0.4) is 0 Å². The largest absolute Gasteiger partial charge is 0.380 e. The highest BCUT2D eigenvalue weighted by Gasteiger charge is 2.15. The highest BCUT2D eigenvalue weighted by molar-refractivity contribution is 7.90. The third-order valence-corrected chi connectivity index (χ3v) is 4.89. The van der Waals surface area contributed by atoms with Gasteiger partial charge in [0.05, 0.1) is 16.8 Å². The third-order valence-electron chi connectivity index (χ3n) is 2.96. The van der Waals surface area contributed by atoms with Gasteiger partial charge < -0.3 is 5.32 Å². The molecule has 0 fully saturated rings. The molecule has 0 radical (unpaired) electrons. The summed E-state index contributed by atoms with van der Waals surface area (Å²) >= 11 is 12.0. The Labute approximate surface area is 134 Å². The molecule has 0 saturated carbocycles. The summed E-state index contributed by atoms with van der Waals surface area (Å²) in [5, 5.41) is 3.96. The van der Waals surface area contributed by atoms with Gasteiger partial charge in [-0.15, -0.1) is 0 Å². The molecule has 0 amide bonds. The van der Waals surface area contributed by atoms with E-state index in [-0.39, 0.29) is 11.4 Å². The van der Waals surface area contributed by atoms with Crippen molar-refractivity contribution < 1.29 is 8.42 Å². The second-order valence-corrected chi connectivity index (χ2v) is 7.42. The van der Waals surface area contributed by atoms with Gasteiger partial charge >= 0.3 is 0 Å². The van der Waals surface area contributed by atoms with Crippen LogP contribution >= 0.6 is 23.2 Å². The van der Waals surface area contributed by atoms with E-state index >= 15 is 0 Å². The Morgan fingerprint density at radius 3 is 2.62 bits per heavy atom. The van der Waals surface area contributed by atoms with Crippen LogP contribution in [0.15, 0.2) is 35.4 Å². The highest BCUT2D eigenvalue weighted by Crippen LogP contribution is 2.25. The molecule has 7 heteroatoms. The monoisotopic (exact) mass is 344 g/mol. The minimum atomic E-state index is -3.34. The molecule has 21 heavy (non-hydrogen) atoms. The lowest BCUT2D eigenvalue weighted by Gasteiger charge is -2.12. The average molecular weight is 345 g/mol. The van der Waals surface area contributed by atoms with Crippen molar-refractivity contribution in [3.05, 3.63) is 51.8 Å². The first-order chi connectivity index (χ1) is 9.79. The lowest BCUT2D eigenvalue weighted by molar-refractivity contribution is 0.601. The van der Waals surface area contributed by atoms with Gasteiger partial charge in [0, 0.05) is 23.4 Å². The molecule has 0 saturated heterocycles. The van der Waals surface area contributed by atoms with Crippen LogP contribution in [0.25, 0.3) is 0 Å². The highest BCUT2D eigenvalue weighted by atomic mass is 35.5. The standard InChI is InChI=1S/C14H14Cl2N2O2S/c1-9-6-10(7-18-14(9)16)17-8-11-12(15)4-3-5-13(11)21(2,19)20/h3-7,17H,8H2,1-2H3. The molecule has 1 aromatic heterocycles. The normalized spacial score (nSPS) is 11.4. The Balaban J connectivity index is 2.30. The maximum Gasteiger partial charge on any atom is 0.175 e. The smallest absolute Gasteiger partial charge is 0.175 e. The summed E-state index contributed by atoms with van der Waals surface area (Å²) in [5.41, 5.74) is 2.12. The quantitative estimate of drug-likeness (QED) is 0.858. The molecule has 0 aliphatic heterocycles. The molecule has 0 spiro atoms. The van der Waals surface area contributed by atoms with Gasteiger partial charge in [0.25, 0.3) is 0 Å². The number of nitrogens with one attached hydrogen (secondary N) is 1. The van der Waals surface area contributed by atoms with Crippen molar-refractivity contribution >= 4 is 38.7 Å². The summed E-state index contributed by atoms with van der Waals surface area (Å²) in [4.78, 5) is 4.26. The van der Waals surface area contributed by atoms with Gasteiger partial charge in [-0.3, -0.25) is 0 Å². The summed E-state index contributed by atoms with van der Waals surface area (Å²) in [6, 6.07) is 6.67. The zero-order valence-corrected chi connectivity index (χ0v) is 13.9. The van der Waals surface area contributed by atoms with E-state index in [1.54, 1.807) is 24.4 Å². The van der Waals surface area contributed by atoms with Gasteiger partial charge in [-0.25, -0.2) is 13.4 Å². The Morgan fingerprint density at radius 1 is 1.29 bits per heavy atom. The SMILES string of the molecule is Cc1cc(NCc2c(Cl)cccc2S(C)(=O)=O)cnc1Cl. The minimum Gasteiger partial charge on any atom is -0.380 e. The predicted molar refractivity (Wildman–Crippen MR) is 85.9 cm³/mol. The van der Waals surface area contributed by atoms with Crippen LogP contribution < -0.4 is 5.32 Å². The van der Waals surface area contributed by atoms with Crippen LogP contribution in [0.2, 0.25) is 10.2 Å². The first-order valence-electron chi connectivity index (χ1n) is 6.12. The molecule has 0 bridgehead atoms. The lowest BCUT2D eigenvalue weighted by atomic mass is 10.2. The van der Waals surface area contributed by atoms with Crippen LogP contribution in [-0.4, -0.2) is 19.7 Å². The van der Waals surface area contributed by atoms with Gasteiger partial charge in [-0.05, 0) is 30.7 Å². The van der Waals surface area contributed by atoms with E-state index in [4.69, 9.17) is 23.2 Å². The van der Waals surface area contributed by atoms with Gasteiger partial charge in [0.2, 0.25) is 0 Å². The fraction of sp³-hybridized carbons (Fsp3) is 0.214. The minimum absolute atomic E-state index is 0.223. The van der Waals surface area contributed by atoms with Crippen LogP contribution in [-0.2, 0) is 16.4 Å². The molecule has 0 aliphatic rings. The first-order valence-corrected chi connectivity index (χ1v) is 8.77. The van der Waals surface area contributed by atoms with Crippen molar-refractivity contribution in [2.45, 2.75) is 18.4 Å². The molecular weight excluding hydrogens is 331 g/mol. The zero-order valence-electron chi connectivity index (χ0n) is 11.5. The number of hydrogen-bond donors (Lipinski definition) is 1. The molecule has 0 aliphatic carbocycles. The Kier molecular flexibility index (Phi) is 4.76. The topological polar surface area (TPSA) is 59.1 Å². The Morgan fingerprint density at radius 2 is 2.00 bits per heavy atom. The average Bonchev–Trinajstić information content (AvgIpc) is 2.40. The van der Waals surface area contributed by atoms with Crippen LogP contribution in [0.4, 0.5) is 5.69 Å². The van der Waals surface area contributed by atoms with Gasteiger partial charge in [0.15, 0.2) is 9.84 Å². The fourth-order valence-electron chi connectivity index (χ4n) is 1.90. The lowest BCUT2D eigenvalue weighted by Crippen LogP contribution is -2.08. The van der Waals surface area contributed by atoms with Gasteiger partial charge in [0.1, 0.15) is 5.15 Å². The summed E-state index contributed by atoms with van der Waals surface area (Å²) in [6.07, 6.45) is 2.75. The molecule has 4 nitrogen and oxygen atoms in total. The zero-order chi connectivity index (χ0) is 15.6.